The molecule has 0 atom stereocenters. The standard InChI is InChI=1S/C19H20N4O3S/c1-3-23-15-7-5-4-6-14(15)21-19(23)27-12-18(25)22-20-11-13-8-9-16(24)17(10-13)26-2/h4-11,24H,3,12H2,1-2H3,(H,22,25)/b20-11+. The quantitative estimate of drug-likeness (QED) is 0.371. The number of hydrogen-bond acceptors (Lipinski definition) is 6. The summed E-state index contributed by atoms with van der Waals surface area (Å²) in [7, 11) is 1.47. The van der Waals surface area contributed by atoms with Gasteiger partial charge in [0.1, 0.15) is 0 Å². The highest BCUT2D eigenvalue weighted by Crippen LogP contribution is 2.25. The van der Waals surface area contributed by atoms with Crippen LogP contribution in [0.15, 0.2) is 52.7 Å². The average molecular weight is 384 g/mol. The fourth-order valence-electron chi connectivity index (χ4n) is 2.58. The number of para-hydroxylation sites is 2. The minimum Gasteiger partial charge on any atom is -0.504 e. The van der Waals surface area contributed by atoms with Crippen LogP contribution in [0.1, 0.15) is 12.5 Å². The van der Waals surface area contributed by atoms with Crippen LogP contribution in [0.2, 0.25) is 0 Å². The number of ether oxygens (including phenoxy) is 1. The van der Waals surface area contributed by atoms with Gasteiger partial charge in [-0.2, -0.15) is 5.10 Å². The first-order chi connectivity index (χ1) is 13.1. The molecule has 0 spiro atoms. The molecule has 0 fully saturated rings. The lowest BCUT2D eigenvalue weighted by molar-refractivity contribution is -0.118. The number of hydrazone groups is 1. The van der Waals surface area contributed by atoms with Crippen LogP contribution >= 0.6 is 11.8 Å². The lowest BCUT2D eigenvalue weighted by Crippen LogP contribution is -2.20. The molecule has 0 aliphatic rings. The predicted octanol–water partition coefficient (Wildman–Crippen LogP) is 3.01. The van der Waals surface area contributed by atoms with Crippen molar-refractivity contribution in [3.8, 4) is 11.5 Å². The van der Waals surface area contributed by atoms with Crippen molar-refractivity contribution in [1.29, 1.82) is 0 Å². The molecule has 0 aliphatic heterocycles. The Bertz CT molecular complexity index is 984. The van der Waals surface area contributed by atoms with Crippen LogP contribution in [-0.4, -0.2) is 39.6 Å². The van der Waals surface area contributed by atoms with E-state index in [0.717, 1.165) is 22.7 Å². The smallest absolute Gasteiger partial charge is 0.250 e. The molecule has 0 unspecified atom stereocenters. The zero-order valence-corrected chi connectivity index (χ0v) is 15.9. The molecule has 2 N–H and O–H groups in total. The summed E-state index contributed by atoms with van der Waals surface area (Å²) < 4.78 is 7.12. The van der Waals surface area contributed by atoms with Gasteiger partial charge in [0, 0.05) is 6.54 Å². The van der Waals surface area contributed by atoms with Crippen molar-refractivity contribution >= 4 is 34.9 Å². The van der Waals surface area contributed by atoms with Gasteiger partial charge in [-0.05, 0) is 42.8 Å². The number of methoxy groups -OCH3 is 1. The van der Waals surface area contributed by atoms with E-state index in [1.165, 1.54) is 31.2 Å². The number of amides is 1. The molecule has 2 aromatic carbocycles. The number of nitrogens with zero attached hydrogens (tertiary/aromatic N) is 3. The number of aryl methyl sites for hydroxylation is 1. The van der Waals surface area contributed by atoms with Gasteiger partial charge in [-0.1, -0.05) is 23.9 Å². The lowest BCUT2D eigenvalue weighted by atomic mass is 10.2. The molecule has 140 valence electrons. The number of aromatic hydroxyl groups is 1. The topological polar surface area (TPSA) is 88.7 Å². The molecule has 0 saturated carbocycles. The second-order valence-electron chi connectivity index (χ2n) is 5.64. The normalized spacial score (nSPS) is 11.2. The van der Waals surface area contributed by atoms with E-state index in [1.807, 2.05) is 24.3 Å². The van der Waals surface area contributed by atoms with E-state index in [4.69, 9.17) is 4.74 Å². The van der Waals surface area contributed by atoms with E-state index in [1.54, 1.807) is 12.1 Å². The number of aromatic nitrogens is 2. The maximum atomic E-state index is 12.1. The van der Waals surface area contributed by atoms with Crippen molar-refractivity contribution in [1.82, 2.24) is 15.0 Å². The molecule has 0 saturated heterocycles. The van der Waals surface area contributed by atoms with Crippen molar-refractivity contribution in [2.75, 3.05) is 12.9 Å². The number of rotatable bonds is 7. The minimum atomic E-state index is -0.225. The molecule has 0 aliphatic carbocycles. The Morgan fingerprint density at radius 2 is 2.19 bits per heavy atom. The van der Waals surface area contributed by atoms with E-state index in [0.29, 0.717) is 11.3 Å². The van der Waals surface area contributed by atoms with Crippen LogP contribution in [0.25, 0.3) is 11.0 Å². The zero-order chi connectivity index (χ0) is 19.2. The number of thioether (sulfide) groups is 1. The van der Waals surface area contributed by atoms with Crippen LogP contribution < -0.4 is 10.2 Å². The molecule has 3 aromatic rings. The van der Waals surface area contributed by atoms with Gasteiger partial charge in [0.25, 0.3) is 5.91 Å². The molecule has 3 rings (SSSR count). The molecule has 27 heavy (non-hydrogen) atoms. The van der Waals surface area contributed by atoms with E-state index in [-0.39, 0.29) is 17.4 Å². The lowest BCUT2D eigenvalue weighted by Gasteiger charge is -2.05. The summed E-state index contributed by atoms with van der Waals surface area (Å²) in [5.74, 6) is 0.379. The highest BCUT2D eigenvalue weighted by molar-refractivity contribution is 7.99. The predicted molar refractivity (Wildman–Crippen MR) is 107 cm³/mol. The number of nitrogens with one attached hydrogen (secondary N) is 1. The minimum absolute atomic E-state index is 0.0499. The fourth-order valence-corrected chi connectivity index (χ4v) is 3.46. The van der Waals surface area contributed by atoms with Gasteiger partial charge in [0.2, 0.25) is 0 Å². The first kappa shape index (κ1) is 18.8. The number of carbonyl (C=O) groups is 1. The fraction of sp³-hybridized carbons (Fsp3) is 0.211. The largest absolute Gasteiger partial charge is 0.504 e. The molecule has 1 amide bonds. The van der Waals surface area contributed by atoms with E-state index in [9.17, 15) is 9.90 Å². The highest BCUT2D eigenvalue weighted by Gasteiger charge is 2.11. The average Bonchev–Trinajstić information content (AvgIpc) is 3.05. The Balaban J connectivity index is 1.59. The van der Waals surface area contributed by atoms with E-state index in [2.05, 4.69) is 27.0 Å². The Kier molecular flexibility index (Phi) is 5.97. The van der Waals surface area contributed by atoms with Crippen LogP contribution in [-0.2, 0) is 11.3 Å². The van der Waals surface area contributed by atoms with Crippen molar-refractivity contribution < 1.29 is 14.6 Å². The molecule has 8 heteroatoms. The number of imidazole rings is 1. The van der Waals surface area contributed by atoms with Crippen molar-refractivity contribution in [2.45, 2.75) is 18.6 Å². The number of carbonyl (C=O) groups excluding carboxylic acids is 1. The summed E-state index contributed by atoms with van der Waals surface area (Å²) in [5, 5.41) is 14.3. The highest BCUT2D eigenvalue weighted by atomic mass is 32.2. The third-order valence-corrected chi connectivity index (χ3v) is 4.85. The third-order valence-electron chi connectivity index (χ3n) is 3.87. The van der Waals surface area contributed by atoms with Gasteiger partial charge in [0.15, 0.2) is 16.7 Å². The summed E-state index contributed by atoms with van der Waals surface area (Å²) in [5.41, 5.74) is 5.17. The second kappa shape index (κ2) is 8.59. The Morgan fingerprint density at radius 1 is 1.37 bits per heavy atom. The van der Waals surface area contributed by atoms with Crippen LogP contribution in [0, 0.1) is 0 Å². The molecule has 1 heterocycles. The van der Waals surface area contributed by atoms with Crippen molar-refractivity contribution in [2.24, 2.45) is 5.10 Å². The van der Waals surface area contributed by atoms with Crippen LogP contribution in [0.4, 0.5) is 0 Å². The second-order valence-corrected chi connectivity index (χ2v) is 6.58. The van der Waals surface area contributed by atoms with E-state index >= 15 is 0 Å². The molecular weight excluding hydrogens is 364 g/mol. The Labute approximate surface area is 161 Å². The number of benzene rings is 2. The maximum Gasteiger partial charge on any atom is 0.250 e. The summed E-state index contributed by atoms with van der Waals surface area (Å²) in [6.45, 7) is 2.83. The third kappa shape index (κ3) is 4.40. The Hall–Kier alpha value is -3.00. The van der Waals surface area contributed by atoms with Gasteiger partial charge in [-0.3, -0.25) is 4.79 Å². The monoisotopic (exact) mass is 384 g/mol. The molecule has 0 bridgehead atoms. The molecule has 0 radical (unpaired) electrons. The number of phenols is 1. The summed E-state index contributed by atoms with van der Waals surface area (Å²) in [6.07, 6.45) is 1.49. The van der Waals surface area contributed by atoms with Gasteiger partial charge in [-0.25, -0.2) is 10.4 Å². The van der Waals surface area contributed by atoms with Gasteiger partial charge in [0.05, 0.1) is 30.1 Å². The number of hydrogen-bond donors (Lipinski definition) is 2. The summed E-state index contributed by atoms with van der Waals surface area (Å²) in [6, 6.07) is 12.7. The van der Waals surface area contributed by atoms with Crippen LogP contribution in [0.5, 0.6) is 11.5 Å². The van der Waals surface area contributed by atoms with Crippen LogP contribution in [0.3, 0.4) is 0 Å². The van der Waals surface area contributed by atoms with E-state index < -0.39 is 0 Å². The van der Waals surface area contributed by atoms with Crippen molar-refractivity contribution in [3.05, 3.63) is 48.0 Å². The van der Waals surface area contributed by atoms with Gasteiger partial charge < -0.3 is 14.4 Å². The molecular formula is C19H20N4O3S. The maximum absolute atomic E-state index is 12.1. The summed E-state index contributed by atoms with van der Waals surface area (Å²) in [4.78, 5) is 16.6. The first-order valence-corrected chi connectivity index (χ1v) is 9.38. The zero-order valence-electron chi connectivity index (χ0n) is 15.0. The Morgan fingerprint density at radius 3 is 2.96 bits per heavy atom. The van der Waals surface area contributed by atoms with Crippen molar-refractivity contribution in [3.63, 3.8) is 0 Å². The number of phenolic OH excluding ortho intramolecular Hbond substituents is 1. The van der Waals surface area contributed by atoms with Gasteiger partial charge >= 0.3 is 0 Å². The SMILES string of the molecule is CCn1c(SCC(=O)N/N=C/c2ccc(O)c(OC)c2)nc2ccccc21. The summed E-state index contributed by atoms with van der Waals surface area (Å²) >= 11 is 1.37. The number of fused-ring (bicyclic) bond motifs is 1. The molecule has 1 aromatic heterocycles. The van der Waals surface area contributed by atoms with Gasteiger partial charge in [-0.15, -0.1) is 0 Å². The molecule has 7 nitrogen and oxygen atoms in total. The first-order valence-electron chi connectivity index (χ1n) is 8.39.